The standard InChI is InChI=1S/C12H16O4S/c1-9(12(14)16-2)7-17(15)8-10-3-5-11(13)6-4-10/h3-6,9,13H,7-8H2,1-2H3. The van der Waals surface area contributed by atoms with E-state index in [9.17, 15) is 9.00 Å². The van der Waals surface area contributed by atoms with Gasteiger partial charge in [-0.25, -0.2) is 0 Å². The van der Waals surface area contributed by atoms with Gasteiger partial charge in [-0.3, -0.25) is 9.00 Å². The number of carbonyl (C=O) groups is 1. The summed E-state index contributed by atoms with van der Waals surface area (Å²) in [5, 5.41) is 9.10. The Balaban J connectivity index is 2.50. The highest BCUT2D eigenvalue weighted by molar-refractivity contribution is 7.84. The summed E-state index contributed by atoms with van der Waals surface area (Å²) in [5.74, 6) is 0.138. The smallest absolute Gasteiger partial charge is 0.309 e. The van der Waals surface area contributed by atoms with Crippen molar-refractivity contribution in [2.75, 3.05) is 12.9 Å². The molecule has 0 saturated heterocycles. The summed E-state index contributed by atoms with van der Waals surface area (Å²) >= 11 is 0. The zero-order valence-corrected chi connectivity index (χ0v) is 10.7. The van der Waals surface area contributed by atoms with Crippen LogP contribution in [0.1, 0.15) is 12.5 Å². The van der Waals surface area contributed by atoms with Crippen LogP contribution in [0.25, 0.3) is 0 Å². The summed E-state index contributed by atoms with van der Waals surface area (Å²) in [6.45, 7) is 1.69. The van der Waals surface area contributed by atoms with E-state index in [1.165, 1.54) is 7.11 Å². The Morgan fingerprint density at radius 2 is 2.00 bits per heavy atom. The number of ether oxygens (including phenoxy) is 1. The fourth-order valence-electron chi connectivity index (χ4n) is 1.39. The molecule has 0 spiro atoms. The molecule has 94 valence electrons. The lowest BCUT2D eigenvalue weighted by Crippen LogP contribution is -2.20. The maximum atomic E-state index is 11.8. The zero-order chi connectivity index (χ0) is 12.8. The van der Waals surface area contributed by atoms with Crippen LogP contribution in [0, 0.1) is 5.92 Å². The van der Waals surface area contributed by atoms with E-state index in [4.69, 9.17) is 5.11 Å². The highest BCUT2D eigenvalue weighted by Crippen LogP contribution is 2.12. The first-order chi connectivity index (χ1) is 8.02. The largest absolute Gasteiger partial charge is 0.508 e. The van der Waals surface area contributed by atoms with Crippen molar-refractivity contribution in [3.05, 3.63) is 29.8 Å². The number of aromatic hydroxyl groups is 1. The highest BCUT2D eigenvalue weighted by atomic mass is 32.2. The normalized spacial score (nSPS) is 14.0. The van der Waals surface area contributed by atoms with E-state index >= 15 is 0 Å². The van der Waals surface area contributed by atoms with Crippen LogP contribution in [0.5, 0.6) is 5.75 Å². The minimum Gasteiger partial charge on any atom is -0.508 e. The number of esters is 1. The molecule has 0 heterocycles. The van der Waals surface area contributed by atoms with Gasteiger partial charge < -0.3 is 9.84 Å². The number of methoxy groups -OCH3 is 1. The van der Waals surface area contributed by atoms with Gasteiger partial charge >= 0.3 is 5.97 Å². The monoisotopic (exact) mass is 256 g/mol. The molecule has 1 rings (SSSR count). The zero-order valence-electron chi connectivity index (χ0n) is 9.88. The number of phenolic OH excluding ortho intramolecular Hbond substituents is 1. The average molecular weight is 256 g/mol. The van der Waals surface area contributed by atoms with Crippen LogP contribution in [0.3, 0.4) is 0 Å². The fourth-order valence-corrected chi connectivity index (χ4v) is 2.76. The molecule has 4 nitrogen and oxygen atoms in total. The molecule has 0 fully saturated rings. The fraction of sp³-hybridized carbons (Fsp3) is 0.417. The van der Waals surface area contributed by atoms with Gasteiger partial charge in [-0.15, -0.1) is 0 Å². The predicted molar refractivity (Wildman–Crippen MR) is 66.0 cm³/mol. The molecule has 1 aromatic rings. The van der Waals surface area contributed by atoms with Crippen molar-refractivity contribution >= 4 is 16.8 Å². The number of rotatable bonds is 5. The second-order valence-electron chi connectivity index (χ2n) is 3.84. The van der Waals surface area contributed by atoms with Gasteiger partial charge in [0.15, 0.2) is 0 Å². The van der Waals surface area contributed by atoms with Crippen LogP contribution >= 0.6 is 0 Å². The SMILES string of the molecule is COC(=O)C(C)CS(=O)Cc1ccc(O)cc1. The molecule has 5 heteroatoms. The molecule has 0 aromatic heterocycles. The lowest BCUT2D eigenvalue weighted by Gasteiger charge is -2.08. The van der Waals surface area contributed by atoms with E-state index in [1.807, 2.05) is 0 Å². The van der Waals surface area contributed by atoms with Crippen LogP contribution in [-0.4, -0.2) is 28.1 Å². The summed E-state index contributed by atoms with van der Waals surface area (Å²) in [7, 11) is 0.209. The van der Waals surface area contributed by atoms with E-state index in [2.05, 4.69) is 4.74 Å². The van der Waals surface area contributed by atoms with Crippen molar-refractivity contribution in [2.24, 2.45) is 5.92 Å². The number of hydrogen-bond donors (Lipinski definition) is 1. The molecule has 2 atom stereocenters. The lowest BCUT2D eigenvalue weighted by molar-refractivity contribution is -0.144. The molecule has 0 saturated carbocycles. The summed E-state index contributed by atoms with van der Waals surface area (Å²) in [6, 6.07) is 6.54. The van der Waals surface area contributed by atoms with Gasteiger partial charge in [-0.1, -0.05) is 19.1 Å². The van der Waals surface area contributed by atoms with Crippen LogP contribution in [0.2, 0.25) is 0 Å². The number of hydrogen-bond acceptors (Lipinski definition) is 4. The molecule has 1 aromatic carbocycles. The van der Waals surface area contributed by atoms with Crippen molar-refractivity contribution in [1.29, 1.82) is 0 Å². The minimum absolute atomic E-state index is 0.183. The van der Waals surface area contributed by atoms with Crippen molar-refractivity contribution in [3.8, 4) is 5.75 Å². The van der Waals surface area contributed by atoms with Crippen LogP contribution < -0.4 is 0 Å². The summed E-state index contributed by atoms with van der Waals surface area (Å²) in [4.78, 5) is 11.2. The Hall–Kier alpha value is -1.36. The third-order valence-electron chi connectivity index (χ3n) is 2.30. The first-order valence-electron chi connectivity index (χ1n) is 5.23. The maximum Gasteiger partial charge on any atom is 0.309 e. The average Bonchev–Trinajstić information content (AvgIpc) is 2.30. The van der Waals surface area contributed by atoms with E-state index in [-0.39, 0.29) is 23.4 Å². The number of carbonyl (C=O) groups excluding carboxylic acids is 1. The number of phenols is 1. The van der Waals surface area contributed by atoms with Gasteiger partial charge in [0.05, 0.1) is 13.0 Å². The molecule has 17 heavy (non-hydrogen) atoms. The van der Waals surface area contributed by atoms with E-state index in [1.54, 1.807) is 31.2 Å². The third-order valence-corrected chi connectivity index (χ3v) is 3.83. The molecule has 0 radical (unpaired) electrons. The second-order valence-corrected chi connectivity index (χ2v) is 5.34. The third kappa shape index (κ3) is 4.56. The van der Waals surface area contributed by atoms with Crippen LogP contribution in [-0.2, 0) is 26.1 Å². The first-order valence-corrected chi connectivity index (χ1v) is 6.72. The predicted octanol–water partition coefficient (Wildman–Crippen LogP) is 1.45. The van der Waals surface area contributed by atoms with Gasteiger partial charge in [0, 0.05) is 22.3 Å². The molecule has 0 aliphatic carbocycles. The van der Waals surface area contributed by atoms with Gasteiger partial charge in [0.1, 0.15) is 5.75 Å². The van der Waals surface area contributed by atoms with Crippen molar-refractivity contribution in [1.82, 2.24) is 0 Å². The van der Waals surface area contributed by atoms with Gasteiger partial charge in [-0.2, -0.15) is 0 Å². The number of benzene rings is 1. The summed E-state index contributed by atoms with van der Waals surface area (Å²) in [5.41, 5.74) is 0.873. The minimum atomic E-state index is -1.11. The molecular weight excluding hydrogens is 240 g/mol. The molecule has 1 N–H and O–H groups in total. The first kappa shape index (κ1) is 13.7. The van der Waals surface area contributed by atoms with Crippen molar-refractivity contribution < 1.29 is 18.8 Å². The molecule has 0 bridgehead atoms. The van der Waals surface area contributed by atoms with Gasteiger partial charge in [0.2, 0.25) is 0 Å². The lowest BCUT2D eigenvalue weighted by atomic mass is 10.2. The quantitative estimate of drug-likeness (QED) is 0.810. The van der Waals surface area contributed by atoms with E-state index in [0.29, 0.717) is 5.75 Å². The second kappa shape index (κ2) is 6.39. The molecule has 0 aliphatic heterocycles. The van der Waals surface area contributed by atoms with Crippen molar-refractivity contribution in [2.45, 2.75) is 12.7 Å². The maximum absolute atomic E-state index is 11.8. The summed E-state index contributed by atoms with van der Waals surface area (Å²) in [6.07, 6.45) is 0. The van der Waals surface area contributed by atoms with Crippen LogP contribution in [0.4, 0.5) is 0 Å². The summed E-state index contributed by atoms with van der Waals surface area (Å²) < 4.78 is 16.3. The molecular formula is C12H16O4S. The highest BCUT2D eigenvalue weighted by Gasteiger charge is 2.16. The Morgan fingerprint density at radius 1 is 1.41 bits per heavy atom. The molecule has 0 amide bonds. The Kier molecular flexibility index (Phi) is 5.15. The topological polar surface area (TPSA) is 63.6 Å². The molecule has 0 aliphatic rings. The Labute approximate surface area is 103 Å². The Bertz CT molecular complexity index is 399. The van der Waals surface area contributed by atoms with Gasteiger partial charge in [0.25, 0.3) is 0 Å². The molecule has 2 unspecified atom stereocenters. The Morgan fingerprint density at radius 3 is 2.53 bits per heavy atom. The van der Waals surface area contributed by atoms with E-state index < -0.39 is 10.8 Å². The van der Waals surface area contributed by atoms with Crippen LogP contribution in [0.15, 0.2) is 24.3 Å². The van der Waals surface area contributed by atoms with E-state index in [0.717, 1.165) is 5.56 Å². The van der Waals surface area contributed by atoms with Gasteiger partial charge in [-0.05, 0) is 17.7 Å². The van der Waals surface area contributed by atoms with Crippen molar-refractivity contribution in [3.63, 3.8) is 0 Å².